The number of likely N-dealkylation sites (tertiary alicyclic amines) is 1. The second-order valence-electron chi connectivity index (χ2n) is 6.71. The standard InChI is InChI=1S/C18H32N6OS.HI/c1-5-8-20-17(25)12-24-9-6-15(7-10-24)23-18(19-4)21-11-16-13(2)22-14(3)26-16;/h15H,5-12H2,1-4H3,(H,20,25)(H2,19,21,23);1H. The summed E-state index contributed by atoms with van der Waals surface area (Å²) in [5.74, 6) is 0.959. The van der Waals surface area contributed by atoms with Crippen LogP contribution in [0.2, 0.25) is 0 Å². The van der Waals surface area contributed by atoms with Crippen molar-refractivity contribution in [3.8, 4) is 0 Å². The number of nitrogens with zero attached hydrogens (tertiary/aromatic N) is 3. The zero-order valence-corrected chi connectivity index (χ0v) is 19.9. The molecular formula is C18H33IN6OS. The second-order valence-corrected chi connectivity index (χ2v) is 8.00. The van der Waals surface area contributed by atoms with E-state index in [0.717, 1.165) is 62.1 Å². The van der Waals surface area contributed by atoms with Crippen LogP contribution in [0.15, 0.2) is 4.99 Å². The van der Waals surface area contributed by atoms with Crippen LogP contribution < -0.4 is 16.0 Å². The third-order valence-corrected chi connectivity index (χ3v) is 5.58. The Morgan fingerprint density at radius 3 is 2.56 bits per heavy atom. The molecule has 0 unspecified atom stereocenters. The summed E-state index contributed by atoms with van der Waals surface area (Å²) >= 11 is 1.72. The maximum Gasteiger partial charge on any atom is 0.234 e. The van der Waals surface area contributed by atoms with Gasteiger partial charge in [0.05, 0.1) is 23.8 Å². The molecule has 154 valence electrons. The van der Waals surface area contributed by atoms with Crippen molar-refractivity contribution in [2.24, 2.45) is 4.99 Å². The number of hydrogen-bond acceptors (Lipinski definition) is 5. The summed E-state index contributed by atoms with van der Waals surface area (Å²) in [6.07, 6.45) is 3.01. The van der Waals surface area contributed by atoms with Gasteiger partial charge in [0.25, 0.3) is 0 Å². The van der Waals surface area contributed by atoms with Crippen LogP contribution >= 0.6 is 35.3 Å². The first-order valence-electron chi connectivity index (χ1n) is 9.41. The Bertz CT molecular complexity index is 613. The third-order valence-electron chi connectivity index (χ3n) is 4.51. The Balaban J connectivity index is 0.00000364. The number of rotatable bonds is 7. The summed E-state index contributed by atoms with van der Waals surface area (Å²) in [4.78, 5) is 24.1. The number of hydrogen-bond donors (Lipinski definition) is 3. The van der Waals surface area contributed by atoms with Crippen LogP contribution in [0.4, 0.5) is 0 Å². The van der Waals surface area contributed by atoms with E-state index in [1.807, 2.05) is 13.8 Å². The van der Waals surface area contributed by atoms with Gasteiger partial charge >= 0.3 is 0 Å². The van der Waals surface area contributed by atoms with E-state index in [1.54, 1.807) is 18.4 Å². The van der Waals surface area contributed by atoms with Gasteiger partial charge in [-0.1, -0.05) is 6.92 Å². The van der Waals surface area contributed by atoms with Crippen LogP contribution in [0.1, 0.15) is 41.8 Å². The molecule has 0 saturated carbocycles. The number of amides is 1. The van der Waals surface area contributed by atoms with E-state index in [0.29, 0.717) is 12.6 Å². The van der Waals surface area contributed by atoms with Crippen molar-refractivity contribution < 1.29 is 4.79 Å². The van der Waals surface area contributed by atoms with E-state index < -0.39 is 0 Å². The van der Waals surface area contributed by atoms with Crippen LogP contribution in [0.3, 0.4) is 0 Å². The summed E-state index contributed by atoms with van der Waals surface area (Å²) in [5.41, 5.74) is 1.09. The molecule has 1 amide bonds. The topological polar surface area (TPSA) is 81.7 Å². The number of guanidine groups is 1. The minimum absolute atomic E-state index is 0. The summed E-state index contributed by atoms with van der Waals surface area (Å²) in [5, 5.41) is 10.9. The number of piperidine rings is 1. The average Bonchev–Trinajstić information content (AvgIpc) is 2.95. The summed E-state index contributed by atoms with van der Waals surface area (Å²) in [7, 11) is 1.80. The molecule has 1 fully saturated rings. The van der Waals surface area contributed by atoms with Gasteiger partial charge in [0, 0.05) is 37.6 Å². The van der Waals surface area contributed by atoms with Gasteiger partial charge in [-0.15, -0.1) is 35.3 Å². The van der Waals surface area contributed by atoms with E-state index in [2.05, 4.69) is 37.8 Å². The number of thiazole rings is 1. The lowest BCUT2D eigenvalue weighted by Crippen LogP contribution is -2.50. The van der Waals surface area contributed by atoms with Gasteiger partial charge < -0.3 is 16.0 Å². The monoisotopic (exact) mass is 508 g/mol. The summed E-state index contributed by atoms with van der Waals surface area (Å²) < 4.78 is 0. The molecule has 1 aliphatic rings. The number of carbonyl (C=O) groups excluding carboxylic acids is 1. The zero-order chi connectivity index (χ0) is 18.9. The van der Waals surface area contributed by atoms with Crippen LogP contribution in [0.25, 0.3) is 0 Å². The van der Waals surface area contributed by atoms with E-state index in [1.165, 1.54) is 4.88 Å². The first kappa shape index (κ1) is 24.1. The number of aromatic nitrogens is 1. The van der Waals surface area contributed by atoms with Crippen LogP contribution in [0.5, 0.6) is 0 Å². The maximum atomic E-state index is 11.8. The fraction of sp³-hybridized carbons (Fsp3) is 0.722. The first-order valence-corrected chi connectivity index (χ1v) is 10.2. The average molecular weight is 508 g/mol. The Morgan fingerprint density at radius 2 is 2.00 bits per heavy atom. The summed E-state index contributed by atoms with van der Waals surface area (Å²) in [6, 6.07) is 0.389. The molecule has 7 nitrogen and oxygen atoms in total. The molecule has 1 aromatic rings. The van der Waals surface area contributed by atoms with Crippen molar-refractivity contribution in [3.63, 3.8) is 0 Å². The van der Waals surface area contributed by atoms with E-state index in [9.17, 15) is 4.79 Å². The van der Waals surface area contributed by atoms with Crippen LogP contribution in [-0.4, -0.2) is 61.0 Å². The molecule has 3 N–H and O–H groups in total. The van der Waals surface area contributed by atoms with E-state index in [4.69, 9.17) is 0 Å². The molecule has 2 rings (SSSR count). The molecule has 0 aromatic carbocycles. The van der Waals surface area contributed by atoms with Gasteiger partial charge in [0.15, 0.2) is 5.96 Å². The molecule has 1 saturated heterocycles. The quantitative estimate of drug-likeness (QED) is 0.299. The van der Waals surface area contributed by atoms with Gasteiger partial charge in [0.2, 0.25) is 5.91 Å². The molecule has 0 bridgehead atoms. The van der Waals surface area contributed by atoms with Crippen molar-refractivity contribution >= 4 is 47.2 Å². The number of nitrogens with one attached hydrogen (secondary N) is 3. The highest BCUT2D eigenvalue weighted by Gasteiger charge is 2.21. The Labute approximate surface area is 183 Å². The Hall–Kier alpha value is -0.940. The highest BCUT2D eigenvalue weighted by atomic mass is 127. The molecule has 0 spiro atoms. The molecule has 0 atom stereocenters. The molecule has 2 heterocycles. The molecular weight excluding hydrogens is 475 g/mol. The minimum atomic E-state index is 0. The molecule has 9 heteroatoms. The van der Waals surface area contributed by atoms with Crippen molar-refractivity contribution in [2.75, 3.05) is 33.2 Å². The van der Waals surface area contributed by atoms with Gasteiger partial charge in [0.1, 0.15) is 0 Å². The minimum Gasteiger partial charge on any atom is -0.355 e. The van der Waals surface area contributed by atoms with Crippen molar-refractivity contribution in [1.29, 1.82) is 0 Å². The molecule has 1 aliphatic heterocycles. The number of carbonyl (C=O) groups is 1. The fourth-order valence-corrected chi connectivity index (χ4v) is 3.93. The second kappa shape index (κ2) is 12.5. The maximum absolute atomic E-state index is 11.8. The van der Waals surface area contributed by atoms with Gasteiger partial charge in [-0.25, -0.2) is 4.98 Å². The van der Waals surface area contributed by atoms with E-state index >= 15 is 0 Å². The Kier molecular flexibility index (Phi) is 11.2. The molecule has 0 radical (unpaired) electrons. The van der Waals surface area contributed by atoms with Crippen LogP contribution in [0, 0.1) is 13.8 Å². The number of aliphatic imine (C=N–C) groups is 1. The van der Waals surface area contributed by atoms with Crippen molar-refractivity contribution in [1.82, 2.24) is 25.8 Å². The van der Waals surface area contributed by atoms with Crippen molar-refractivity contribution in [2.45, 2.75) is 52.6 Å². The normalized spacial score (nSPS) is 15.9. The SMILES string of the molecule is CCCNC(=O)CN1CCC(NC(=NC)NCc2sc(C)nc2C)CC1.I. The summed E-state index contributed by atoms with van der Waals surface area (Å²) in [6.45, 7) is 10.0. The van der Waals surface area contributed by atoms with Gasteiger partial charge in [-0.2, -0.15) is 0 Å². The lowest BCUT2D eigenvalue weighted by molar-refractivity contribution is -0.122. The lowest BCUT2D eigenvalue weighted by Gasteiger charge is -2.32. The van der Waals surface area contributed by atoms with Crippen molar-refractivity contribution in [3.05, 3.63) is 15.6 Å². The number of halogens is 1. The third kappa shape index (κ3) is 8.30. The molecule has 27 heavy (non-hydrogen) atoms. The zero-order valence-electron chi connectivity index (χ0n) is 16.8. The molecule has 1 aromatic heterocycles. The highest BCUT2D eigenvalue weighted by Crippen LogP contribution is 2.16. The molecule has 0 aliphatic carbocycles. The predicted octanol–water partition coefficient (Wildman–Crippen LogP) is 2.03. The largest absolute Gasteiger partial charge is 0.355 e. The lowest BCUT2D eigenvalue weighted by atomic mass is 10.1. The Morgan fingerprint density at radius 1 is 1.30 bits per heavy atom. The number of aryl methyl sites for hydroxylation is 2. The van der Waals surface area contributed by atoms with E-state index in [-0.39, 0.29) is 29.9 Å². The first-order chi connectivity index (χ1) is 12.5. The smallest absolute Gasteiger partial charge is 0.234 e. The van der Waals surface area contributed by atoms with Gasteiger partial charge in [-0.3, -0.25) is 14.7 Å². The van der Waals surface area contributed by atoms with Gasteiger partial charge in [-0.05, 0) is 33.1 Å². The highest BCUT2D eigenvalue weighted by molar-refractivity contribution is 14.0. The van der Waals surface area contributed by atoms with Crippen LogP contribution in [-0.2, 0) is 11.3 Å². The fourth-order valence-electron chi connectivity index (χ4n) is 3.05. The predicted molar refractivity (Wildman–Crippen MR) is 123 cm³/mol.